The third-order valence-electron chi connectivity index (χ3n) is 3.23. The molecule has 4 heteroatoms. The van der Waals surface area contributed by atoms with Crippen molar-refractivity contribution in [2.45, 2.75) is 58.2 Å². The molecule has 0 spiro atoms. The van der Waals surface area contributed by atoms with Crippen molar-refractivity contribution in [1.82, 2.24) is 0 Å². The monoisotopic (exact) mass is 244 g/mol. The SMILES string of the molecule is C=CC(=O)OC(CC)CC(CC)(CC)O[SiH3]. The molecule has 0 aliphatic carbocycles. The van der Waals surface area contributed by atoms with Crippen molar-refractivity contribution in [2.24, 2.45) is 0 Å². The zero-order chi connectivity index (χ0) is 12.6. The maximum Gasteiger partial charge on any atom is 0.330 e. The van der Waals surface area contributed by atoms with Gasteiger partial charge in [0.2, 0.25) is 0 Å². The van der Waals surface area contributed by atoms with Crippen molar-refractivity contribution < 1.29 is 14.0 Å². The summed E-state index contributed by atoms with van der Waals surface area (Å²) in [5.41, 5.74) is -0.117. The number of rotatable bonds is 8. The van der Waals surface area contributed by atoms with E-state index in [1.807, 2.05) is 6.92 Å². The van der Waals surface area contributed by atoms with Crippen LogP contribution < -0.4 is 0 Å². The number of hydrogen-bond donors (Lipinski definition) is 0. The summed E-state index contributed by atoms with van der Waals surface area (Å²) in [5, 5.41) is 0. The number of ether oxygens (including phenoxy) is 1. The Bertz CT molecular complexity index is 216. The van der Waals surface area contributed by atoms with E-state index in [0.717, 1.165) is 25.7 Å². The van der Waals surface area contributed by atoms with E-state index in [-0.39, 0.29) is 17.7 Å². The molecule has 0 aromatic rings. The summed E-state index contributed by atoms with van der Waals surface area (Å²) in [6, 6.07) is 0. The van der Waals surface area contributed by atoms with Gasteiger partial charge in [0.15, 0.2) is 0 Å². The third-order valence-corrected chi connectivity index (χ3v) is 4.09. The summed E-state index contributed by atoms with van der Waals surface area (Å²) in [5.74, 6) is -0.346. The molecular formula is C12H24O3Si. The lowest BCUT2D eigenvalue weighted by molar-refractivity contribution is -0.145. The van der Waals surface area contributed by atoms with E-state index < -0.39 is 0 Å². The second-order valence-electron chi connectivity index (χ2n) is 3.97. The van der Waals surface area contributed by atoms with Crippen molar-refractivity contribution in [2.75, 3.05) is 0 Å². The predicted octanol–water partition coefficient (Wildman–Crippen LogP) is 1.74. The molecule has 16 heavy (non-hydrogen) atoms. The summed E-state index contributed by atoms with van der Waals surface area (Å²) >= 11 is 0. The standard InChI is InChI=1S/C12H24O3Si/c1-5-10(14-11(13)6-2)9-12(7-3,8-4)15-16/h6,10H,2,5,7-9H2,1,3-4,16H3. The van der Waals surface area contributed by atoms with Gasteiger partial charge < -0.3 is 9.16 Å². The molecule has 0 aromatic heterocycles. The van der Waals surface area contributed by atoms with Crippen LogP contribution in [0.2, 0.25) is 0 Å². The van der Waals surface area contributed by atoms with E-state index in [4.69, 9.17) is 9.16 Å². The summed E-state index contributed by atoms with van der Waals surface area (Å²) in [7, 11) is 0.713. The molecule has 0 amide bonds. The predicted molar refractivity (Wildman–Crippen MR) is 69.3 cm³/mol. The van der Waals surface area contributed by atoms with Crippen LogP contribution >= 0.6 is 0 Å². The average molecular weight is 244 g/mol. The van der Waals surface area contributed by atoms with Crippen molar-refractivity contribution >= 4 is 16.5 Å². The summed E-state index contributed by atoms with van der Waals surface area (Å²) in [6.07, 6.45) is 4.64. The van der Waals surface area contributed by atoms with Crippen molar-refractivity contribution in [3.05, 3.63) is 12.7 Å². The van der Waals surface area contributed by atoms with Gasteiger partial charge in [-0.2, -0.15) is 0 Å². The minimum absolute atomic E-state index is 0.0700. The number of esters is 1. The van der Waals surface area contributed by atoms with Gasteiger partial charge in [0, 0.05) is 12.5 Å². The van der Waals surface area contributed by atoms with Gasteiger partial charge in [0.05, 0.1) is 5.60 Å². The van der Waals surface area contributed by atoms with Gasteiger partial charge in [-0.05, 0) is 19.3 Å². The minimum Gasteiger partial charge on any atom is -0.459 e. The lowest BCUT2D eigenvalue weighted by Gasteiger charge is -2.34. The van der Waals surface area contributed by atoms with Gasteiger partial charge in [-0.3, -0.25) is 0 Å². The molecule has 0 bridgehead atoms. The molecule has 94 valence electrons. The van der Waals surface area contributed by atoms with Crippen LogP contribution in [0.5, 0.6) is 0 Å². The van der Waals surface area contributed by atoms with Crippen LogP contribution in [-0.4, -0.2) is 28.2 Å². The fraction of sp³-hybridized carbons (Fsp3) is 0.750. The van der Waals surface area contributed by atoms with E-state index in [1.165, 1.54) is 6.08 Å². The van der Waals surface area contributed by atoms with Crippen molar-refractivity contribution in [3.8, 4) is 0 Å². The second kappa shape index (κ2) is 7.63. The highest BCUT2D eigenvalue weighted by Gasteiger charge is 2.29. The Hall–Kier alpha value is -0.613. The Morgan fingerprint density at radius 1 is 1.44 bits per heavy atom. The smallest absolute Gasteiger partial charge is 0.330 e. The first-order valence-corrected chi connectivity index (χ1v) is 6.77. The third kappa shape index (κ3) is 4.49. The van der Waals surface area contributed by atoms with Gasteiger partial charge >= 0.3 is 5.97 Å². The van der Waals surface area contributed by atoms with E-state index in [1.54, 1.807) is 0 Å². The Balaban J connectivity index is 4.48. The van der Waals surface area contributed by atoms with E-state index in [2.05, 4.69) is 20.4 Å². The highest BCUT2D eigenvalue weighted by molar-refractivity contribution is 5.98. The second-order valence-corrected chi connectivity index (χ2v) is 4.38. The first-order valence-electron chi connectivity index (χ1n) is 5.95. The topological polar surface area (TPSA) is 35.5 Å². The molecule has 0 rings (SSSR count). The normalized spacial score (nSPS) is 13.4. The molecule has 0 saturated carbocycles. The quantitative estimate of drug-likeness (QED) is 0.371. The molecule has 1 atom stereocenters. The maximum atomic E-state index is 11.2. The Labute approximate surface area is 102 Å². The van der Waals surface area contributed by atoms with E-state index >= 15 is 0 Å². The molecule has 0 aliphatic heterocycles. The van der Waals surface area contributed by atoms with Crippen LogP contribution in [0.25, 0.3) is 0 Å². The number of carbonyl (C=O) groups excluding carboxylic acids is 1. The molecule has 0 N–H and O–H groups in total. The van der Waals surface area contributed by atoms with Gasteiger partial charge in [-0.25, -0.2) is 4.79 Å². The molecule has 0 saturated heterocycles. The maximum absolute atomic E-state index is 11.2. The van der Waals surface area contributed by atoms with Crippen LogP contribution in [0, 0.1) is 0 Å². The average Bonchev–Trinajstić information content (AvgIpc) is 2.34. The van der Waals surface area contributed by atoms with Crippen LogP contribution in [0.3, 0.4) is 0 Å². The van der Waals surface area contributed by atoms with E-state index in [9.17, 15) is 4.79 Å². The molecule has 0 radical (unpaired) electrons. The molecule has 3 nitrogen and oxygen atoms in total. The minimum atomic E-state index is -0.346. The zero-order valence-electron chi connectivity index (χ0n) is 10.9. The fourth-order valence-corrected chi connectivity index (χ4v) is 2.55. The summed E-state index contributed by atoms with van der Waals surface area (Å²) in [4.78, 5) is 11.2. The summed E-state index contributed by atoms with van der Waals surface area (Å²) < 4.78 is 11.0. The number of carbonyl (C=O) groups is 1. The Morgan fingerprint density at radius 2 is 2.00 bits per heavy atom. The van der Waals surface area contributed by atoms with Gasteiger partial charge in [-0.15, -0.1) is 0 Å². The van der Waals surface area contributed by atoms with Crippen LogP contribution in [0.4, 0.5) is 0 Å². The van der Waals surface area contributed by atoms with Crippen molar-refractivity contribution in [1.29, 1.82) is 0 Å². The van der Waals surface area contributed by atoms with Gasteiger partial charge in [0.1, 0.15) is 16.6 Å². The van der Waals surface area contributed by atoms with Crippen LogP contribution in [-0.2, 0) is 14.0 Å². The lowest BCUT2D eigenvalue weighted by atomic mass is 9.90. The highest BCUT2D eigenvalue weighted by Crippen LogP contribution is 2.27. The zero-order valence-corrected chi connectivity index (χ0v) is 12.9. The number of hydrogen-bond acceptors (Lipinski definition) is 3. The Morgan fingerprint density at radius 3 is 2.31 bits per heavy atom. The molecule has 1 unspecified atom stereocenters. The molecule has 0 aliphatic rings. The van der Waals surface area contributed by atoms with Gasteiger partial charge in [0.25, 0.3) is 0 Å². The summed E-state index contributed by atoms with van der Waals surface area (Å²) in [6.45, 7) is 9.65. The largest absolute Gasteiger partial charge is 0.459 e. The van der Waals surface area contributed by atoms with Crippen LogP contribution in [0.1, 0.15) is 46.5 Å². The lowest BCUT2D eigenvalue weighted by Crippen LogP contribution is -2.36. The van der Waals surface area contributed by atoms with Gasteiger partial charge in [-0.1, -0.05) is 27.4 Å². The molecule has 0 heterocycles. The highest BCUT2D eigenvalue weighted by atomic mass is 28.2. The first-order chi connectivity index (χ1) is 7.57. The fourth-order valence-electron chi connectivity index (χ4n) is 1.81. The first kappa shape index (κ1) is 15.4. The molecule has 0 fully saturated rings. The molecular weight excluding hydrogens is 220 g/mol. The van der Waals surface area contributed by atoms with Crippen molar-refractivity contribution in [3.63, 3.8) is 0 Å². The Kier molecular flexibility index (Phi) is 7.33. The molecule has 0 aromatic carbocycles. The van der Waals surface area contributed by atoms with Crippen LogP contribution in [0.15, 0.2) is 12.7 Å². The van der Waals surface area contributed by atoms with E-state index in [0.29, 0.717) is 10.5 Å².